The van der Waals surface area contributed by atoms with Gasteiger partial charge in [0.1, 0.15) is 18.1 Å². The maximum absolute atomic E-state index is 9.22. The van der Waals surface area contributed by atoms with E-state index in [2.05, 4.69) is 0 Å². The first kappa shape index (κ1) is 14.7. The molecule has 1 unspecified atom stereocenters. The summed E-state index contributed by atoms with van der Waals surface area (Å²) < 4.78 is 5.68. The van der Waals surface area contributed by atoms with Crippen LogP contribution >= 0.6 is 11.6 Å². The molecule has 0 aliphatic rings. The minimum absolute atomic E-state index is 0.106. The van der Waals surface area contributed by atoms with Crippen LogP contribution in [0.1, 0.15) is 18.1 Å². The molecular formula is C16H18ClNO2. The minimum Gasteiger partial charge on any atom is -0.508 e. The molecule has 4 heteroatoms. The highest BCUT2D eigenvalue weighted by Crippen LogP contribution is 2.27. The number of hydrogen-bond donors (Lipinski definition) is 2. The van der Waals surface area contributed by atoms with Gasteiger partial charge < -0.3 is 15.6 Å². The van der Waals surface area contributed by atoms with Crippen molar-refractivity contribution in [2.24, 2.45) is 5.73 Å². The SMILES string of the molecule is CC(N)Cc1ccc(OCc2ccc(O)cc2)c(Cl)c1. The van der Waals surface area contributed by atoms with Gasteiger partial charge in [0.05, 0.1) is 5.02 Å². The number of halogens is 1. The molecule has 2 aromatic carbocycles. The molecule has 0 bridgehead atoms. The smallest absolute Gasteiger partial charge is 0.138 e. The lowest BCUT2D eigenvalue weighted by atomic mass is 10.1. The first-order chi connectivity index (χ1) is 9.54. The van der Waals surface area contributed by atoms with Gasteiger partial charge in [-0.1, -0.05) is 29.8 Å². The first-order valence-electron chi connectivity index (χ1n) is 6.49. The summed E-state index contributed by atoms with van der Waals surface area (Å²) in [7, 11) is 0. The third-order valence-corrected chi connectivity index (χ3v) is 3.18. The van der Waals surface area contributed by atoms with Crippen LogP contribution in [0.15, 0.2) is 42.5 Å². The van der Waals surface area contributed by atoms with Crippen LogP contribution in [0.3, 0.4) is 0 Å². The number of phenolic OH excluding ortho intramolecular Hbond substituents is 1. The zero-order valence-corrected chi connectivity index (χ0v) is 12.1. The Labute approximate surface area is 123 Å². The summed E-state index contributed by atoms with van der Waals surface area (Å²) in [5.41, 5.74) is 7.83. The second-order valence-electron chi connectivity index (χ2n) is 4.90. The van der Waals surface area contributed by atoms with Crippen molar-refractivity contribution in [3.05, 3.63) is 58.6 Å². The molecule has 0 fully saturated rings. The zero-order chi connectivity index (χ0) is 14.5. The molecule has 0 saturated heterocycles. The molecule has 0 spiro atoms. The molecule has 0 saturated carbocycles. The third-order valence-electron chi connectivity index (χ3n) is 2.88. The summed E-state index contributed by atoms with van der Waals surface area (Å²) in [5.74, 6) is 0.889. The third kappa shape index (κ3) is 4.15. The van der Waals surface area contributed by atoms with Crippen LogP contribution in [0.4, 0.5) is 0 Å². The summed E-state index contributed by atoms with van der Waals surface area (Å²) in [6.07, 6.45) is 0.790. The molecule has 0 radical (unpaired) electrons. The molecule has 1 atom stereocenters. The van der Waals surface area contributed by atoms with E-state index in [0.29, 0.717) is 17.4 Å². The summed E-state index contributed by atoms with van der Waals surface area (Å²) in [5, 5.41) is 9.80. The molecular weight excluding hydrogens is 274 g/mol. The Morgan fingerprint density at radius 2 is 1.80 bits per heavy atom. The van der Waals surface area contributed by atoms with E-state index in [4.69, 9.17) is 22.1 Å². The number of rotatable bonds is 5. The molecule has 0 amide bonds. The number of ether oxygens (including phenoxy) is 1. The van der Waals surface area contributed by atoms with Gasteiger partial charge in [-0.2, -0.15) is 0 Å². The van der Waals surface area contributed by atoms with E-state index in [-0.39, 0.29) is 11.8 Å². The fourth-order valence-electron chi connectivity index (χ4n) is 1.91. The summed E-state index contributed by atoms with van der Waals surface area (Å²) in [6.45, 7) is 2.37. The van der Waals surface area contributed by atoms with Crippen LogP contribution in [0.5, 0.6) is 11.5 Å². The second-order valence-corrected chi connectivity index (χ2v) is 5.31. The van der Waals surface area contributed by atoms with E-state index >= 15 is 0 Å². The van der Waals surface area contributed by atoms with Gasteiger partial charge in [0.15, 0.2) is 0 Å². The van der Waals surface area contributed by atoms with Gasteiger partial charge >= 0.3 is 0 Å². The Kier molecular flexibility index (Phi) is 4.88. The van der Waals surface area contributed by atoms with Crippen LogP contribution in [0, 0.1) is 0 Å². The van der Waals surface area contributed by atoms with Crippen molar-refractivity contribution in [1.82, 2.24) is 0 Å². The van der Waals surface area contributed by atoms with E-state index < -0.39 is 0 Å². The molecule has 2 rings (SSSR count). The van der Waals surface area contributed by atoms with Gasteiger partial charge in [0.2, 0.25) is 0 Å². The Bertz CT molecular complexity index is 567. The quantitative estimate of drug-likeness (QED) is 0.886. The molecule has 0 aromatic heterocycles. The van der Waals surface area contributed by atoms with E-state index in [9.17, 15) is 5.11 Å². The van der Waals surface area contributed by atoms with Gasteiger partial charge in [0.25, 0.3) is 0 Å². The van der Waals surface area contributed by atoms with Gasteiger partial charge in [-0.15, -0.1) is 0 Å². The molecule has 3 nitrogen and oxygen atoms in total. The van der Waals surface area contributed by atoms with Gasteiger partial charge in [-0.3, -0.25) is 0 Å². The highest BCUT2D eigenvalue weighted by Gasteiger charge is 2.05. The second kappa shape index (κ2) is 6.64. The normalized spacial score (nSPS) is 12.2. The predicted octanol–water partition coefficient (Wildman–Crippen LogP) is 3.51. The standard InChI is InChI=1S/C16H18ClNO2/c1-11(18)8-13-4-7-16(15(17)9-13)20-10-12-2-5-14(19)6-3-12/h2-7,9,11,19H,8,10,18H2,1H3. The van der Waals surface area contributed by atoms with Crippen LogP contribution in [-0.4, -0.2) is 11.1 Å². The minimum atomic E-state index is 0.106. The Hall–Kier alpha value is -1.71. The summed E-state index contributed by atoms with van der Waals surface area (Å²) in [6, 6.07) is 12.7. The van der Waals surface area contributed by atoms with E-state index in [1.165, 1.54) is 0 Å². The highest BCUT2D eigenvalue weighted by molar-refractivity contribution is 6.32. The van der Waals surface area contributed by atoms with E-state index in [1.54, 1.807) is 12.1 Å². The maximum atomic E-state index is 9.22. The topological polar surface area (TPSA) is 55.5 Å². The average molecular weight is 292 g/mol. The molecule has 3 N–H and O–H groups in total. The molecule has 2 aromatic rings. The highest BCUT2D eigenvalue weighted by atomic mass is 35.5. The monoisotopic (exact) mass is 291 g/mol. The summed E-state index contributed by atoms with van der Waals surface area (Å²) >= 11 is 6.20. The molecule has 106 valence electrons. The van der Waals surface area contributed by atoms with Crippen LogP contribution in [0.25, 0.3) is 0 Å². The Morgan fingerprint density at radius 3 is 2.40 bits per heavy atom. The van der Waals surface area contributed by atoms with Gasteiger partial charge in [0, 0.05) is 6.04 Å². The summed E-state index contributed by atoms with van der Waals surface area (Å²) in [4.78, 5) is 0. The predicted molar refractivity (Wildman–Crippen MR) is 81.2 cm³/mol. The van der Waals surface area contributed by atoms with E-state index in [0.717, 1.165) is 17.5 Å². The molecule has 20 heavy (non-hydrogen) atoms. The average Bonchev–Trinajstić information content (AvgIpc) is 2.39. The van der Waals surface area contributed by atoms with Crippen molar-refractivity contribution in [2.45, 2.75) is 26.0 Å². The zero-order valence-electron chi connectivity index (χ0n) is 11.3. The lowest BCUT2D eigenvalue weighted by Crippen LogP contribution is -2.17. The van der Waals surface area contributed by atoms with Crippen molar-refractivity contribution < 1.29 is 9.84 Å². The van der Waals surface area contributed by atoms with Gasteiger partial charge in [-0.05, 0) is 48.7 Å². The fourth-order valence-corrected chi connectivity index (χ4v) is 2.17. The van der Waals surface area contributed by atoms with Gasteiger partial charge in [-0.25, -0.2) is 0 Å². The van der Waals surface area contributed by atoms with Crippen molar-refractivity contribution in [1.29, 1.82) is 0 Å². The molecule has 0 heterocycles. The Morgan fingerprint density at radius 1 is 1.15 bits per heavy atom. The number of benzene rings is 2. The molecule has 0 aliphatic heterocycles. The lowest BCUT2D eigenvalue weighted by molar-refractivity contribution is 0.306. The molecule has 0 aliphatic carbocycles. The van der Waals surface area contributed by atoms with Crippen molar-refractivity contribution in [3.8, 4) is 11.5 Å². The Balaban J connectivity index is 2.01. The van der Waals surface area contributed by atoms with Crippen molar-refractivity contribution in [2.75, 3.05) is 0 Å². The maximum Gasteiger partial charge on any atom is 0.138 e. The fraction of sp³-hybridized carbons (Fsp3) is 0.250. The number of aromatic hydroxyl groups is 1. The van der Waals surface area contributed by atoms with Crippen molar-refractivity contribution >= 4 is 11.6 Å². The largest absolute Gasteiger partial charge is 0.508 e. The van der Waals surface area contributed by atoms with Crippen LogP contribution in [-0.2, 0) is 13.0 Å². The number of phenols is 1. The first-order valence-corrected chi connectivity index (χ1v) is 6.87. The van der Waals surface area contributed by atoms with Crippen LogP contribution in [0.2, 0.25) is 5.02 Å². The number of hydrogen-bond acceptors (Lipinski definition) is 3. The van der Waals surface area contributed by atoms with E-state index in [1.807, 2.05) is 37.3 Å². The lowest BCUT2D eigenvalue weighted by Gasteiger charge is -2.11. The van der Waals surface area contributed by atoms with Crippen molar-refractivity contribution in [3.63, 3.8) is 0 Å². The van der Waals surface area contributed by atoms with Crippen LogP contribution < -0.4 is 10.5 Å². The number of nitrogens with two attached hydrogens (primary N) is 1.